The standard InChI is InChI=1S/C12H13ClN4OS2/c13-11-2-1-9(20-11)7-16-3-5-17(6-4-16)12(18)10-8-19-15-14-10/h1-2,8H,3-7H2. The Balaban J connectivity index is 1.53. The fourth-order valence-corrected chi connectivity index (χ4v) is 3.75. The number of carbonyl (C=O) groups excluding carboxylic acids is 1. The Morgan fingerprint density at radius 1 is 1.30 bits per heavy atom. The topological polar surface area (TPSA) is 49.3 Å². The Morgan fingerprint density at radius 3 is 2.70 bits per heavy atom. The summed E-state index contributed by atoms with van der Waals surface area (Å²) >= 11 is 8.75. The highest BCUT2D eigenvalue weighted by molar-refractivity contribution is 7.16. The van der Waals surface area contributed by atoms with E-state index in [4.69, 9.17) is 11.6 Å². The van der Waals surface area contributed by atoms with E-state index in [1.54, 1.807) is 16.7 Å². The highest BCUT2D eigenvalue weighted by Crippen LogP contribution is 2.23. The van der Waals surface area contributed by atoms with Crippen molar-refractivity contribution in [1.29, 1.82) is 0 Å². The molecule has 106 valence electrons. The number of nitrogens with zero attached hydrogens (tertiary/aromatic N) is 4. The first-order chi connectivity index (χ1) is 9.72. The average Bonchev–Trinajstić information content (AvgIpc) is 3.11. The van der Waals surface area contributed by atoms with E-state index in [2.05, 4.69) is 20.6 Å². The van der Waals surface area contributed by atoms with Crippen molar-refractivity contribution >= 4 is 40.4 Å². The van der Waals surface area contributed by atoms with Gasteiger partial charge in [0.05, 0.1) is 4.34 Å². The van der Waals surface area contributed by atoms with E-state index in [-0.39, 0.29) is 5.91 Å². The summed E-state index contributed by atoms with van der Waals surface area (Å²) in [6.07, 6.45) is 0. The molecule has 1 amide bonds. The van der Waals surface area contributed by atoms with Gasteiger partial charge in [-0.1, -0.05) is 16.1 Å². The minimum Gasteiger partial charge on any atom is -0.335 e. The van der Waals surface area contributed by atoms with Crippen molar-refractivity contribution in [2.24, 2.45) is 0 Å². The van der Waals surface area contributed by atoms with Gasteiger partial charge in [-0.05, 0) is 23.7 Å². The van der Waals surface area contributed by atoms with Crippen molar-refractivity contribution in [2.75, 3.05) is 26.2 Å². The Hall–Kier alpha value is -1.02. The molecule has 0 aromatic carbocycles. The third-order valence-corrected chi connectivity index (χ3v) is 4.97. The van der Waals surface area contributed by atoms with E-state index in [9.17, 15) is 4.79 Å². The number of thiophene rings is 1. The lowest BCUT2D eigenvalue weighted by Gasteiger charge is -2.34. The Morgan fingerprint density at radius 2 is 2.10 bits per heavy atom. The van der Waals surface area contributed by atoms with Gasteiger partial charge in [-0.2, -0.15) is 0 Å². The van der Waals surface area contributed by atoms with Crippen LogP contribution in [0.3, 0.4) is 0 Å². The van der Waals surface area contributed by atoms with E-state index in [0.717, 1.165) is 37.1 Å². The number of hydrogen-bond acceptors (Lipinski definition) is 6. The van der Waals surface area contributed by atoms with Crippen LogP contribution >= 0.6 is 34.5 Å². The lowest BCUT2D eigenvalue weighted by molar-refractivity contribution is 0.0624. The van der Waals surface area contributed by atoms with Crippen LogP contribution in [0.25, 0.3) is 0 Å². The lowest BCUT2D eigenvalue weighted by atomic mass is 10.3. The van der Waals surface area contributed by atoms with E-state index < -0.39 is 0 Å². The molecule has 1 saturated heterocycles. The molecule has 2 aromatic heterocycles. The molecule has 5 nitrogen and oxygen atoms in total. The summed E-state index contributed by atoms with van der Waals surface area (Å²) in [5, 5.41) is 5.53. The highest BCUT2D eigenvalue weighted by atomic mass is 35.5. The predicted octanol–water partition coefficient (Wildman–Crippen LogP) is 2.21. The molecular formula is C12H13ClN4OS2. The third kappa shape index (κ3) is 3.17. The van der Waals surface area contributed by atoms with Gasteiger partial charge >= 0.3 is 0 Å². The number of halogens is 1. The molecule has 1 aliphatic rings. The SMILES string of the molecule is O=C(c1csnn1)N1CCN(Cc2ccc(Cl)s2)CC1. The zero-order chi connectivity index (χ0) is 13.9. The van der Waals surface area contributed by atoms with Crippen molar-refractivity contribution in [2.45, 2.75) is 6.54 Å². The fourth-order valence-electron chi connectivity index (χ4n) is 2.19. The van der Waals surface area contributed by atoms with Crippen molar-refractivity contribution < 1.29 is 4.79 Å². The van der Waals surface area contributed by atoms with Crippen molar-refractivity contribution in [3.63, 3.8) is 0 Å². The Labute approximate surface area is 129 Å². The number of hydrogen-bond donors (Lipinski definition) is 0. The predicted molar refractivity (Wildman–Crippen MR) is 80.4 cm³/mol. The second-order valence-corrected chi connectivity index (χ2v) is 6.97. The van der Waals surface area contributed by atoms with E-state index in [1.165, 1.54) is 16.4 Å². The zero-order valence-electron chi connectivity index (χ0n) is 10.7. The molecule has 1 fully saturated rings. The second kappa shape index (κ2) is 6.17. The average molecular weight is 329 g/mol. The minimum atomic E-state index is -0.0161. The molecule has 3 rings (SSSR count). The molecule has 0 atom stereocenters. The molecular weight excluding hydrogens is 316 g/mol. The second-order valence-electron chi connectivity index (χ2n) is 4.56. The van der Waals surface area contributed by atoms with Crippen LogP contribution in [0.1, 0.15) is 15.4 Å². The van der Waals surface area contributed by atoms with Gasteiger partial charge in [0.15, 0.2) is 5.69 Å². The fraction of sp³-hybridized carbons (Fsp3) is 0.417. The molecule has 0 spiro atoms. The van der Waals surface area contributed by atoms with Gasteiger partial charge in [0.25, 0.3) is 5.91 Å². The summed E-state index contributed by atoms with van der Waals surface area (Å²) in [4.78, 5) is 17.6. The van der Waals surface area contributed by atoms with Gasteiger partial charge in [0, 0.05) is 43.0 Å². The van der Waals surface area contributed by atoms with Crippen LogP contribution in [0.15, 0.2) is 17.5 Å². The first kappa shape index (κ1) is 13.9. The van der Waals surface area contributed by atoms with Crippen molar-refractivity contribution in [1.82, 2.24) is 19.4 Å². The molecule has 2 aromatic rings. The van der Waals surface area contributed by atoms with E-state index in [0.29, 0.717) is 5.69 Å². The molecule has 1 aliphatic heterocycles. The van der Waals surface area contributed by atoms with E-state index >= 15 is 0 Å². The first-order valence-electron chi connectivity index (χ1n) is 6.25. The van der Waals surface area contributed by atoms with Gasteiger partial charge in [0.1, 0.15) is 0 Å². The quantitative estimate of drug-likeness (QED) is 0.867. The van der Waals surface area contributed by atoms with Crippen LogP contribution < -0.4 is 0 Å². The molecule has 3 heterocycles. The summed E-state index contributed by atoms with van der Waals surface area (Å²) in [6.45, 7) is 4.11. The largest absolute Gasteiger partial charge is 0.335 e. The summed E-state index contributed by atoms with van der Waals surface area (Å²) in [5.41, 5.74) is 0.452. The minimum absolute atomic E-state index is 0.0161. The Bertz CT molecular complexity index is 578. The van der Waals surface area contributed by atoms with Crippen LogP contribution in [0, 0.1) is 0 Å². The van der Waals surface area contributed by atoms with E-state index in [1.807, 2.05) is 11.0 Å². The molecule has 0 bridgehead atoms. The van der Waals surface area contributed by atoms with Gasteiger partial charge in [-0.15, -0.1) is 16.4 Å². The maximum Gasteiger partial charge on any atom is 0.275 e. The molecule has 0 N–H and O–H groups in total. The van der Waals surface area contributed by atoms with Crippen LogP contribution in [0.4, 0.5) is 0 Å². The summed E-state index contributed by atoms with van der Waals surface area (Å²) < 4.78 is 4.56. The van der Waals surface area contributed by atoms with Crippen molar-refractivity contribution in [3.05, 3.63) is 32.4 Å². The first-order valence-corrected chi connectivity index (χ1v) is 8.28. The van der Waals surface area contributed by atoms with Gasteiger partial charge in [-0.25, -0.2) is 0 Å². The number of amides is 1. The number of aromatic nitrogens is 2. The molecule has 0 radical (unpaired) electrons. The maximum absolute atomic E-state index is 12.1. The van der Waals surface area contributed by atoms with Crippen LogP contribution in [0.2, 0.25) is 4.34 Å². The lowest BCUT2D eigenvalue weighted by Crippen LogP contribution is -2.48. The highest BCUT2D eigenvalue weighted by Gasteiger charge is 2.23. The third-order valence-electron chi connectivity index (χ3n) is 3.25. The monoisotopic (exact) mass is 328 g/mol. The number of rotatable bonds is 3. The number of carbonyl (C=O) groups is 1. The normalized spacial score (nSPS) is 16.6. The Kier molecular flexibility index (Phi) is 4.30. The van der Waals surface area contributed by atoms with Crippen LogP contribution in [-0.2, 0) is 6.54 Å². The van der Waals surface area contributed by atoms with Gasteiger partial charge in [-0.3, -0.25) is 9.69 Å². The smallest absolute Gasteiger partial charge is 0.275 e. The number of piperazine rings is 1. The molecule has 0 aliphatic carbocycles. The van der Waals surface area contributed by atoms with Crippen LogP contribution in [0.5, 0.6) is 0 Å². The summed E-state index contributed by atoms with van der Waals surface area (Å²) in [5.74, 6) is -0.0161. The van der Waals surface area contributed by atoms with Crippen LogP contribution in [-0.4, -0.2) is 51.5 Å². The van der Waals surface area contributed by atoms with Gasteiger partial charge < -0.3 is 4.90 Å². The summed E-state index contributed by atoms with van der Waals surface area (Å²) in [7, 11) is 0. The molecule has 0 saturated carbocycles. The zero-order valence-corrected chi connectivity index (χ0v) is 13.0. The maximum atomic E-state index is 12.1. The van der Waals surface area contributed by atoms with Gasteiger partial charge in [0.2, 0.25) is 0 Å². The molecule has 0 unspecified atom stereocenters. The molecule has 20 heavy (non-hydrogen) atoms. The molecule has 8 heteroatoms. The summed E-state index contributed by atoms with van der Waals surface area (Å²) in [6, 6.07) is 3.99. The van der Waals surface area contributed by atoms with Crippen molar-refractivity contribution in [3.8, 4) is 0 Å².